The molecule has 0 saturated carbocycles. The molecule has 1 aliphatic heterocycles. The quantitative estimate of drug-likeness (QED) is 0.692. The second-order valence-corrected chi connectivity index (χ2v) is 7.17. The lowest BCUT2D eigenvalue weighted by molar-refractivity contribution is 0.0526. The van der Waals surface area contributed by atoms with E-state index in [1.165, 1.54) is 0 Å². The molecule has 1 atom stereocenters. The Morgan fingerprint density at radius 2 is 2.08 bits per heavy atom. The van der Waals surface area contributed by atoms with Crippen molar-refractivity contribution in [2.45, 2.75) is 32.8 Å². The minimum atomic E-state index is -0.0298. The van der Waals surface area contributed by atoms with Crippen LogP contribution >= 0.6 is 22.6 Å². The summed E-state index contributed by atoms with van der Waals surface area (Å²) >= 11 is 2.21. The van der Waals surface area contributed by atoms with Crippen LogP contribution in [-0.4, -0.2) is 40.0 Å². The van der Waals surface area contributed by atoms with Crippen LogP contribution in [0.2, 0.25) is 0 Å². The monoisotopic (exact) mass is 437 g/mol. The molecule has 1 amide bonds. The number of carbonyl (C=O) groups is 1. The molecule has 0 bridgehead atoms. The Morgan fingerprint density at radius 3 is 2.83 bits per heavy atom. The Bertz CT molecular complexity index is 731. The number of nitrogens with zero attached hydrogens (tertiary/aromatic N) is 3. The van der Waals surface area contributed by atoms with E-state index in [2.05, 4.69) is 32.6 Å². The van der Waals surface area contributed by atoms with Gasteiger partial charge in [-0.2, -0.15) is 4.98 Å². The van der Waals surface area contributed by atoms with Crippen molar-refractivity contribution < 1.29 is 9.53 Å². The maximum atomic E-state index is 12.8. The largest absolute Gasteiger partial charge is 0.472 e. The molecule has 5 nitrogen and oxygen atoms in total. The van der Waals surface area contributed by atoms with Gasteiger partial charge in [0.25, 0.3) is 5.91 Å². The number of aryl methyl sites for hydroxylation is 2. The van der Waals surface area contributed by atoms with Crippen LogP contribution in [0.1, 0.15) is 34.7 Å². The van der Waals surface area contributed by atoms with Gasteiger partial charge in [0.15, 0.2) is 0 Å². The maximum absolute atomic E-state index is 12.8. The standard InChI is InChI=1S/C18H20IN3O2/c1-12-10-17(21-13(2)20-12)24-14-6-5-9-22(11-14)18(23)15-7-3-4-8-16(15)19/h3-4,7-8,10,14H,5-6,9,11H2,1-2H3. The highest BCUT2D eigenvalue weighted by atomic mass is 127. The number of likely N-dealkylation sites (tertiary alicyclic amines) is 1. The van der Waals surface area contributed by atoms with Crippen molar-refractivity contribution in [2.24, 2.45) is 0 Å². The van der Waals surface area contributed by atoms with Crippen molar-refractivity contribution >= 4 is 28.5 Å². The van der Waals surface area contributed by atoms with E-state index >= 15 is 0 Å². The number of piperidine rings is 1. The molecule has 3 rings (SSSR count). The minimum absolute atomic E-state index is 0.0298. The second kappa shape index (κ2) is 7.46. The number of ether oxygens (including phenoxy) is 1. The summed E-state index contributed by atoms with van der Waals surface area (Å²) in [6.45, 7) is 5.14. The highest BCUT2D eigenvalue weighted by molar-refractivity contribution is 14.1. The van der Waals surface area contributed by atoms with Crippen LogP contribution in [0.3, 0.4) is 0 Å². The molecule has 2 heterocycles. The molecule has 2 aromatic rings. The van der Waals surface area contributed by atoms with E-state index in [9.17, 15) is 4.79 Å². The zero-order valence-corrected chi connectivity index (χ0v) is 16.0. The van der Waals surface area contributed by atoms with Gasteiger partial charge in [0.1, 0.15) is 11.9 Å². The van der Waals surface area contributed by atoms with E-state index in [0.29, 0.717) is 18.2 Å². The molecule has 0 radical (unpaired) electrons. The van der Waals surface area contributed by atoms with E-state index in [-0.39, 0.29) is 12.0 Å². The van der Waals surface area contributed by atoms with Crippen molar-refractivity contribution in [2.75, 3.05) is 13.1 Å². The molecule has 0 N–H and O–H groups in total. The van der Waals surface area contributed by atoms with Crippen molar-refractivity contribution in [1.29, 1.82) is 0 Å². The SMILES string of the molecule is Cc1cc(OC2CCCN(C(=O)c3ccccc3I)C2)nc(C)n1. The van der Waals surface area contributed by atoms with E-state index < -0.39 is 0 Å². The van der Waals surface area contributed by atoms with Gasteiger partial charge in [0.05, 0.1) is 12.1 Å². The predicted molar refractivity (Wildman–Crippen MR) is 100 cm³/mol. The topological polar surface area (TPSA) is 55.3 Å². The third-order valence-corrected chi connectivity index (χ3v) is 4.94. The van der Waals surface area contributed by atoms with Crippen molar-refractivity contribution in [1.82, 2.24) is 14.9 Å². The first kappa shape index (κ1) is 17.1. The van der Waals surface area contributed by atoms with Gasteiger partial charge in [-0.25, -0.2) is 4.98 Å². The smallest absolute Gasteiger partial charge is 0.255 e. The molecule has 126 valence electrons. The molecule has 6 heteroatoms. The zero-order valence-electron chi connectivity index (χ0n) is 13.8. The highest BCUT2D eigenvalue weighted by Gasteiger charge is 2.26. The summed E-state index contributed by atoms with van der Waals surface area (Å²) in [7, 11) is 0. The summed E-state index contributed by atoms with van der Waals surface area (Å²) in [5.74, 6) is 1.37. The lowest BCUT2D eigenvalue weighted by Gasteiger charge is -2.33. The summed E-state index contributed by atoms with van der Waals surface area (Å²) in [6.07, 6.45) is 1.83. The minimum Gasteiger partial charge on any atom is -0.472 e. The maximum Gasteiger partial charge on any atom is 0.255 e. The highest BCUT2D eigenvalue weighted by Crippen LogP contribution is 2.21. The number of hydrogen-bond acceptors (Lipinski definition) is 4. The molecular weight excluding hydrogens is 417 g/mol. The van der Waals surface area contributed by atoms with Gasteiger partial charge in [-0.05, 0) is 61.4 Å². The van der Waals surface area contributed by atoms with E-state index in [1.807, 2.05) is 49.1 Å². The van der Waals surface area contributed by atoms with Gasteiger partial charge in [-0.3, -0.25) is 4.79 Å². The number of benzene rings is 1. The Hall–Kier alpha value is -1.70. The predicted octanol–water partition coefficient (Wildman–Crippen LogP) is 3.38. The molecule has 0 spiro atoms. The fourth-order valence-corrected chi connectivity index (χ4v) is 3.56. The molecule has 1 fully saturated rings. The molecule has 1 unspecified atom stereocenters. The van der Waals surface area contributed by atoms with Crippen LogP contribution in [-0.2, 0) is 0 Å². The second-order valence-electron chi connectivity index (χ2n) is 6.01. The molecule has 1 aliphatic rings. The fourth-order valence-electron chi connectivity index (χ4n) is 2.94. The van der Waals surface area contributed by atoms with Gasteiger partial charge in [0.2, 0.25) is 5.88 Å². The summed E-state index contributed by atoms with van der Waals surface area (Å²) < 4.78 is 6.99. The average molecular weight is 437 g/mol. The summed E-state index contributed by atoms with van der Waals surface area (Å²) in [5, 5.41) is 0. The van der Waals surface area contributed by atoms with Gasteiger partial charge < -0.3 is 9.64 Å². The number of rotatable bonds is 3. The molecule has 1 saturated heterocycles. The van der Waals surface area contributed by atoms with Gasteiger partial charge in [-0.15, -0.1) is 0 Å². The van der Waals surface area contributed by atoms with Crippen LogP contribution in [0.5, 0.6) is 5.88 Å². The lowest BCUT2D eigenvalue weighted by Crippen LogP contribution is -2.44. The number of hydrogen-bond donors (Lipinski definition) is 0. The van der Waals surface area contributed by atoms with Crippen LogP contribution < -0.4 is 4.74 Å². The van der Waals surface area contributed by atoms with Crippen LogP contribution in [0.4, 0.5) is 0 Å². The van der Waals surface area contributed by atoms with Gasteiger partial charge >= 0.3 is 0 Å². The molecule has 24 heavy (non-hydrogen) atoms. The Labute approximate surface area is 155 Å². The number of amides is 1. The van der Waals surface area contributed by atoms with Crippen LogP contribution in [0, 0.1) is 17.4 Å². The first-order valence-electron chi connectivity index (χ1n) is 8.05. The normalized spacial score (nSPS) is 17.6. The molecular formula is C18H20IN3O2. The van der Waals surface area contributed by atoms with Crippen LogP contribution in [0.15, 0.2) is 30.3 Å². The average Bonchev–Trinajstić information content (AvgIpc) is 2.54. The Kier molecular flexibility index (Phi) is 5.33. The summed E-state index contributed by atoms with van der Waals surface area (Å²) in [6, 6.07) is 9.53. The number of carbonyl (C=O) groups excluding carboxylic acids is 1. The van der Waals surface area contributed by atoms with E-state index in [0.717, 1.165) is 34.2 Å². The summed E-state index contributed by atoms with van der Waals surface area (Å²) in [5.41, 5.74) is 1.65. The molecule has 0 aliphatic carbocycles. The fraction of sp³-hybridized carbons (Fsp3) is 0.389. The van der Waals surface area contributed by atoms with Crippen LogP contribution in [0.25, 0.3) is 0 Å². The Balaban J connectivity index is 1.70. The van der Waals surface area contributed by atoms with E-state index in [4.69, 9.17) is 4.74 Å². The first-order chi connectivity index (χ1) is 11.5. The lowest BCUT2D eigenvalue weighted by atomic mass is 10.1. The summed E-state index contributed by atoms with van der Waals surface area (Å²) in [4.78, 5) is 23.2. The third-order valence-electron chi connectivity index (χ3n) is 4.00. The number of aromatic nitrogens is 2. The zero-order chi connectivity index (χ0) is 17.1. The van der Waals surface area contributed by atoms with Crippen molar-refractivity contribution in [3.63, 3.8) is 0 Å². The first-order valence-corrected chi connectivity index (χ1v) is 9.13. The molecule has 1 aromatic heterocycles. The Morgan fingerprint density at radius 1 is 1.29 bits per heavy atom. The van der Waals surface area contributed by atoms with E-state index in [1.54, 1.807) is 0 Å². The van der Waals surface area contributed by atoms with Crippen molar-refractivity contribution in [3.05, 3.63) is 51.0 Å². The van der Waals surface area contributed by atoms with Crippen molar-refractivity contribution in [3.8, 4) is 5.88 Å². The third kappa shape index (κ3) is 4.03. The van der Waals surface area contributed by atoms with Gasteiger partial charge in [0, 0.05) is 21.9 Å². The molecule has 1 aromatic carbocycles. The van der Waals surface area contributed by atoms with Gasteiger partial charge in [-0.1, -0.05) is 12.1 Å². The number of halogens is 1.